The molecule has 4 aliphatic carbocycles. The van der Waals surface area contributed by atoms with Crippen LogP contribution in [0.5, 0.6) is 5.75 Å². The van der Waals surface area contributed by atoms with Gasteiger partial charge in [0.2, 0.25) is 10.6 Å². The molecule has 0 spiro atoms. The van der Waals surface area contributed by atoms with Crippen molar-refractivity contribution >= 4 is 27.5 Å². The summed E-state index contributed by atoms with van der Waals surface area (Å²) >= 11 is 3.34. The number of carbonyl (C=O) groups excluding carboxylic acids is 1. The largest absolute Gasteiger partial charge is 0.435 e. The summed E-state index contributed by atoms with van der Waals surface area (Å²) in [6.45, 7) is -2.87. The van der Waals surface area contributed by atoms with Gasteiger partial charge in [-0.2, -0.15) is 8.78 Å². The lowest BCUT2D eigenvalue weighted by Gasteiger charge is -2.60. The number of hydrogen-bond donors (Lipinski definition) is 1. The molecule has 4 aliphatic rings. The zero-order valence-corrected chi connectivity index (χ0v) is 17.2. The number of amides is 1. The van der Waals surface area contributed by atoms with Crippen LogP contribution < -0.4 is 10.1 Å². The number of anilines is 1. The number of alkyl halides is 2. The molecule has 6 rings (SSSR count). The molecule has 1 aromatic carbocycles. The van der Waals surface area contributed by atoms with Crippen molar-refractivity contribution in [1.82, 2.24) is 14.8 Å². The fourth-order valence-corrected chi connectivity index (χ4v) is 6.47. The molecule has 1 heterocycles. The number of hydrogen-bond acceptors (Lipinski definition) is 4. The van der Waals surface area contributed by atoms with E-state index in [-0.39, 0.29) is 17.2 Å². The third-order valence-corrected chi connectivity index (χ3v) is 7.16. The van der Waals surface area contributed by atoms with Crippen LogP contribution in [0, 0.1) is 17.3 Å². The van der Waals surface area contributed by atoms with Crippen LogP contribution in [-0.4, -0.2) is 27.3 Å². The van der Waals surface area contributed by atoms with Crippen molar-refractivity contribution < 1.29 is 18.3 Å². The SMILES string of the molecule is O=C(Nc1ccc(OC(F)F)cc1)C12C[C@@H]3C[C@@H](C1)CC(n1cnc(Br)n1)(C3)C2. The van der Waals surface area contributed by atoms with Crippen LogP contribution >= 0.6 is 15.9 Å². The maximum Gasteiger partial charge on any atom is 0.387 e. The molecular weight excluding hydrogens is 446 g/mol. The Morgan fingerprint density at radius 3 is 2.48 bits per heavy atom. The first-order valence-electron chi connectivity index (χ1n) is 9.80. The Labute approximate surface area is 175 Å². The van der Waals surface area contributed by atoms with Crippen molar-refractivity contribution in [1.29, 1.82) is 0 Å². The lowest BCUT2D eigenvalue weighted by Crippen LogP contribution is -2.60. The molecular formula is C20H21BrF2N4O2. The Balaban J connectivity index is 1.38. The molecule has 0 aliphatic heterocycles. The minimum atomic E-state index is -2.87. The summed E-state index contributed by atoms with van der Waals surface area (Å²) in [5.74, 6) is 1.10. The molecule has 4 saturated carbocycles. The summed E-state index contributed by atoms with van der Waals surface area (Å²) in [7, 11) is 0. The number of nitrogens with one attached hydrogen (secondary N) is 1. The zero-order chi connectivity index (χ0) is 20.2. The molecule has 1 amide bonds. The second kappa shape index (κ2) is 6.75. The summed E-state index contributed by atoms with van der Waals surface area (Å²) < 4.78 is 31.6. The van der Waals surface area contributed by atoms with Crippen LogP contribution in [0.15, 0.2) is 35.3 Å². The highest BCUT2D eigenvalue weighted by atomic mass is 79.9. The summed E-state index contributed by atoms with van der Waals surface area (Å²) in [6.07, 6.45) is 7.54. The second-order valence-electron chi connectivity index (χ2n) is 8.78. The van der Waals surface area contributed by atoms with Crippen LogP contribution in [0.25, 0.3) is 0 Å². The Bertz CT molecular complexity index is 919. The second-order valence-corrected chi connectivity index (χ2v) is 9.49. The fourth-order valence-electron chi connectivity index (χ4n) is 6.20. The highest BCUT2D eigenvalue weighted by molar-refractivity contribution is 9.10. The van der Waals surface area contributed by atoms with Gasteiger partial charge in [-0.3, -0.25) is 4.79 Å². The van der Waals surface area contributed by atoms with Gasteiger partial charge in [0.05, 0.1) is 11.0 Å². The molecule has 2 aromatic rings. The van der Waals surface area contributed by atoms with Gasteiger partial charge in [0, 0.05) is 5.69 Å². The monoisotopic (exact) mass is 466 g/mol. The van der Waals surface area contributed by atoms with Gasteiger partial charge in [-0.05, 0) is 90.6 Å². The molecule has 9 heteroatoms. The normalized spacial score (nSPS) is 32.6. The van der Waals surface area contributed by atoms with Gasteiger partial charge in [-0.1, -0.05) is 0 Å². The van der Waals surface area contributed by atoms with Gasteiger partial charge in [0.1, 0.15) is 12.1 Å². The Hall–Kier alpha value is -2.03. The first-order chi connectivity index (χ1) is 13.9. The maximum atomic E-state index is 13.4. The van der Waals surface area contributed by atoms with Crippen molar-refractivity contribution in [3.05, 3.63) is 35.3 Å². The quantitative estimate of drug-likeness (QED) is 0.700. The summed E-state index contributed by atoms with van der Waals surface area (Å²) in [6, 6.07) is 6.08. The van der Waals surface area contributed by atoms with Crippen LogP contribution in [-0.2, 0) is 10.3 Å². The number of benzene rings is 1. The smallest absolute Gasteiger partial charge is 0.387 e. The molecule has 1 aromatic heterocycles. The summed E-state index contributed by atoms with van der Waals surface area (Å²) in [5, 5.41) is 7.54. The van der Waals surface area contributed by atoms with Crippen LogP contribution in [0.2, 0.25) is 0 Å². The lowest BCUT2D eigenvalue weighted by molar-refractivity contribution is -0.150. The van der Waals surface area contributed by atoms with Crippen LogP contribution in [0.4, 0.5) is 14.5 Å². The van der Waals surface area contributed by atoms with Crippen molar-refractivity contribution in [2.75, 3.05) is 5.32 Å². The van der Waals surface area contributed by atoms with E-state index in [0.717, 1.165) is 32.1 Å². The molecule has 0 saturated heterocycles. The zero-order valence-electron chi connectivity index (χ0n) is 15.7. The van der Waals surface area contributed by atoms with E-state index in [1.54, 1.807) is 18.5 Å². The van der Waals surface area contributed by atoms with Gasteiger partial charge < -0.3 is 10.1 Å². The topological polar surface area (TPSA) is 69.0 Å². The molecule has 4 bridgehead atoms. The van der Waals surface area contributed by atoms with Gasteiger partial charge >= 0.3 is 6.61 Å². The third kappa shape index (κ3) is 3.33. The first kappa shape index (κ1) is 19.0. The van der Waals surface area contributed by atoms with E-state index in [4.69, 9.17) is 0 Å². The highest BCUT2D eigenvalue weighted by Crippen LogP contribution is 2.64. The number of rotatable bonds is 5. The summed E-state index contributed by atoms with van der Waals surface area (Å²) in [4.78, 5) is 17.6. The van der Waals surface area contributed by atoms with E-state index in [2.05, 4.69) is 36.1 Å². The Kier molecular flexibility index (Phi) is 4.42. The van der Waals surface area contributed by atoms with Crippen molar-refractivity contribution in [3.63, 3.8) is 0 Å². The predicted octanol–water partition coefficient (Wildman–Crippen LogP) is 4.58. The van der Waals surface area contributed by atoms with E-state index in [1.807, 2.05) is 4.68 Å². The van der Waals surface area contributed by atoms with Crippen LogP contribution in [0.1, 0.15) is 38.5 Å². The molecule has 154 valence electrons. The molecule has 2 atom stereocenters. The molecule has 0 unspecified atom stereocenters. The molecule has 6 nitrogen and oxygen atoms in total. The molecule has 0 radical (unpaired) electrons. The van der Waals surface area contributed by atoms with Crippen molar-refractivity contribution in [2.45, 2.75) is 50.7 Å². The molecule has 29 heavy (non-hydrogen) atoms. The Morgan fingerprint density at radius 1 is 1.21 bits per heavy atom. The van der Waals surface area contributed by atoms with Crippen molar-refractivity contribution in [3.8, 4) is 5.75 Å². The number of ether oxygens (including phenoxy) is 1. The van der Waals surface area contributed by atoms with Crippen LogP contribution in [0.3, 0.4) is 0 Å². The standard InChI is InChI=1S/C20H21BrF2N4O2/c21-17-24-11-27(26-17)20-8-12-5-13(9-20)7-19(6-12,10-20)16(28)25-14-1-3-15(4-2-14)29-18(22)23/h1-4,11-13,18H,5-10H2,(H,25,28)/t12-,13-,19?,20?/m0/s1. The van der Waals surface area contributed by atoms with E-state index >= 15 is 0 Å². The number of nitrogens with zero attached hydrogens (tertiary/aromatic N) is 3. The van der Waals surface area contributed by atoms with Gasteiger partial charge in [-0.25, -0.2) is 9.67 Å². The Morgan fingerprint density at radius 2 is 1.90 bits per heavy atom. The highest BCUT2D eigenvalue weighted by Gasteiger charge is 2.61. The fraction of sp³-hybridized carbons (Fsp3) is 0.550. The lowest BCUT2D eigenvalue weighted by atomic mass is 9.46. The average Bonchev–Trinajstić information content (AvgIpc) is 3.09. The van der Waals surface area contributed by atoms with E-state index in [9.17, 15) is 13.6 Å². The average molecular weight is 467 g/mol. The first-order valence-corrected chi connectivity index (χ1v) is 10.6. The van der Waals surface area contributed by atoms with Gasteiger partial charge in [-0.15, -0.1) is 5.10 Å². The van der Waals surface area contributed by atoms with Gasteiger partial charge in [0.15, 0.2) is 0 Å². The minimum Gasteiger partial charge on any atom is -0.435 e. The minimum absolute atomic E-state index is 0.0117. The third-order valence-electron chi connectivity index (χ3n) is 6.80. The van der Waals surface area contributed by atoms with E-state index in [0.29, 0.717) is 22.3 Å². The van der Waals surface area contributed by atoms with Gasteiger partial charge in [0.25, 0.3) is 0 Å². The predicted molar refractivity (Wildman–Crippen MR) is 105 cm³/mol. The summed E-state index contributed by atoms with van der Waals surface area (Å²) in [5.41, 5.74) is 0.000638. The maximum absolute atomic E-state index is 13.4. The van der Waals surface area contributed by atoms with E-state index in [1.165, 1.54) is 18.6 Å². The number of aromatic nitrogens is 3. The van der Waals surface area contributed by atoms with E-state index < -0.39 is 12.0 Å². The van der Waals surface area contributed by atoms with Crippen molar-refractivity contribution in [2.24, 2.45) is 17.3 Å². The molecule has 4 fully saturated rings. The molecule has 1 N–H and O–H groups in total. The number of halogens is 3. The number of carbonyl (C=O) groups is 1.